The zero-order chi connectivity index (χ0) is 23.1. The largest absolute Gasteiger partial charge is 0.389 e. The zero-order valence-electron chi connectivity index (χ0n) is 18.1. The van der Waals surface area contributed by atoms with Crippen LogP contribution in [0.25, 0.3) is 21.7 Å². The number of carbonyl (C=O) groups excluding carboxylic acids is 1. The first kappa shape index (κ1) is 21.6. The number of aliphatic hydroxyl groups is 1. The quantitative estimate of drug-likeness (QED) is 0.372. The van der Waals surface area contributed by atoms with Gasteiger partial charge in [-0.1, -0.05) is 41.9 Å². The van der Waals surface area contributed by atoms with E-state index in [9.17, 15) is 14.7 Å². The Balaban J connectivity index is 1.62. The molecule has 0 spiro atoms. The van der Waals surface area contributed by atoms with Gasteiger partial charge in [0.15, 0.2) is 0 Å². The normalized spacial score (nSPS) is 18.7. The molecule has 0 aliphatic carbocycles. The molecule has 3 heterocycles. The van der Waals surface area contributed by atoms with Crippen LogP contribution < -0.4 is 5.56 Å². The van der Waals surface area contributed by atoms with Crippen LogP contribution in [0.5, 0.6) is 0 Å². The Kier molecular flexibility index (Phi) is 5.60. The summed E-state index contributed by atoms with van der Waals surface area (Å²) in [7, 11) is 0. The molecule has 1 N–H and O–H groups in total. The van der Waals surface area contributed by atoms with Crippen LogP contribution >= 0.6 is 11.6 Å². The molecular formula is C25H23ClN4O3. The molecule has 2 atom stereocenters. The van der Waals surface area contributed by atoms with Crippen molar-refractivity contribution < 1.29 is 9.90 Å². The monoisotopic (exact) mass is 462 g/mol. The lowest BCUT2D eigenvalue weighted by Crippen LogP contribution is -2.48. The number of pyridine rings is 1. The van der Waals surface area contributed by atoms with E-state index < -0.39 is 12.1 Å². The van der Waals surface area contributed by atoms with Crippen molar-refractivity contribution in [3.8, 4) is 0 Å². The number of aliphatic hydroxyl groups excluding tert-OH is 1. The van der Waals surface area contributed by atoms with Crippen LogP contribution in [0.2, 0.25) is 5.15 Å². The number of aromatic nitrogens is 3. The molecule has 0 unspecified atom stereocenters. The summed E-state index contributed by atoms with van der Waals surface area (Å²) in [6, 6.07) is 13.1. The standard InChI is InChI=1S/C25H23ClN4O3/c1-15(31)29-9-8-21(22(32)13-29)30-14-28-24-19-5-3-2-4-18(19)17(11-20(24)25(30)33)10-16-6-7-23(26)27-12-16/h2-7,11-12,14,21-22,32H,8-10,13H2,1H3/t21-,22-/m1/s1. The average molecular weight is 463 g/mol. The molecule has 1 aliphatic heterocycles. The second kappa shape index (κ2) is 8.57. The van der Waals surface area contributed by atoms with Crippen molar-refractivity contribution in [2.45, 2.75) is 31.9 Å². The number of likely N-dealkylation sites (tertiary alicyclic amines) is 1. The van der Waals surface area contributed by atoms with Crippen molar-refractivity contribution in [3.63, 3.8) is 0 Å². The number of hydrogen-bond acceptors (Lipinski definition) is 5. The van der Waals surface area contributed by atoms with E-state index in [1.807, 2.05) is 36.4 Å². The fraction of sp³-hybridized carbons (Fsp3) is 0.280. The van der Waals surface area contributed by atoms with Crippen LogP contribution in [0.3, 0.4) is 0 Å². The van der Waals surface area contributed by atoms with Crippen LogP contribution in [-0.4, -0.2) is 49.6 Å². The molecule has 2 aromatic carbocycles. The van der Waals surface area contributed by atoms with Crippen molar-refractivity contribution >= 4 is 39.2 Å². The highest BCUT2D eigenvalue weighted by atomic mass is 35.5. The van der Waals surface area contributed by atoms with E-state index in [2.05, 4.69) is 9.97 Å². The summed E-state index contributed by atoms with van der Waals surface area (Å²) in [5.41, 5.74) is 2.42. The van der Waals surface area contributed by atoms with Gasteiger partial charge in [0.1, 0.15) is 5.15 Å². The van der Waals surface area contributed by atoms with Gasteiger partial charge in [0, 0.05) is 31.6 Å². The highest BCUT2D eigenvalue weighted by molar-refractivity contribution is 6.29. The first-order chi connectivity index (χ1) is 15.9. The molecule has 2 aromatic heterocycles. The van der Waals surface area contributed by atoms with E-state index in [1.54, 1.807) is 17.2 Å². The van der Waals surface area contributed by atoms with Crippen LogP contribution in [0.1, 0.15) is 30.5 Å². The Bertz CT molecular complexity index is 1420. The number of rotatable bonds is 3. The Labute approximate surface area is 195 Å². The first-order valence-electron chi connectivity index (χ1n) is 10.9. The van der Waals surface area contributed by atoms with Crippen molar-refractivity contribution in [2.75, 3.05) is 13.1 Å². The third-order valence-corrected chi connectivity index (χ3v) is 6.63. The molecule has 1 fully saturated rings. The SMILES string of the molecule is CC(=O)N1CC[C@@H](n2cnc3c(cc(Cc4ccc(Cl)nc4)c4ccccc43)c2=O)[C@H](O)C1. The molecular weight excluding hydrogens is 440 g/mol. The molecule has 33 heavy (non-hydrogen) atoms. The lowest BCUT2D eigenvalue weighted by Gasteiger charge is -2.36. The maximum absolute atomic E-state index is 13.6. The smallest absolute Gasteiger partial charge is 0.261 e. The fourth-order valence-electron chi connectivity index (χ4n) is 4.69. The molecule has 168 valence electrons. The van der Waals surface area contributed by atoms with Gasteiger partial charge >= 0.3 is 0 Å². The third-order valence-electron chi connectivity index (χ3n) is 6.41. The summed E-state index contributed by atoms with van der Waals surface area (Å²) in [6.07, 6.45) is 3.51. The number of hydrogen-bond donors (Lipinski definition) is 1. The van der Waals surface area contributed by atoms with Crippen LogP contribution in [0.4, 0.5) is 0 Å². The van der Waals surface area contributed by atoms with Crippen molar-refractivity contribution in [2.24, 2.45) is 0 Å². The van der Waals surface area contributed by atoms with Gasteiger partial charge in [-0.3, -0.25) is 14.2 Å². The predicted molar refractivity (Wildman–Crippen MR) is 127 cm³/mol. The summed E-state index contributed by atoms with van der Waals surface area (Å²) in [4.78, 5) is 35.7. The van der Waals surface area contributed by atoms with E-state index in [4.69, 9.17) is 11.6 Å². The molecule has 0 bridgehead atoms. The summed E-state index contributed by atoms with van der Waals surface area (Å²) in [6.45, 7) is 2.19. The number of halogens is 1. The highest BCUT2D eigenvalue weighted by Gasteiger charge is 2.31. The van der Waals surface area contributed by atoms with Crippen LogP contribution in [-0.2, 0) is 11.2 Å². The third kappa shape index (κ3) is 3.98. The average Bonchev–Trinajstić information content (AvgIpc) is 2.81. The first-order valence-corrected chi connectivity index (χ1v) is 11.3. The minimum absolute atomic E-state index is 0.0794. The number of fused-ring (bicyclic) bond motifs is 3. The lowest BCUT2D eigenvalue weighted by atomic mass is 9.96. The second-order valence-electron chi connectivity index (χ2n) is 8.49. The summed E-state index contributed by atoms with van der Waals surface area (Å²) in [5.74, 6) is -0.0794. The van der Waals surface area contributed by atoms with E-state index in [0.29, 0.717) is 35.4 Å². The predicted octanol–water partition coefficient (Wildman–Crippen LogP) is 3.34. The molecule has 0 saturated carbocycles. The Morgan fingerprint density at radius 1 is 1.15 bits per heavy atom. The molecule has 5 rings (SSSR count). The maximum Gasteiger partial charge on any atom is 0.261 e. The van der Waals surface area contributed by atoms with Gasteiger partial charge in [0.2, 0.25) is 5.91 Å². The summed E-state index contributed by atoms with van der Waals surface area (Å²) >= 11 is 5.93. The molecule has 1 amide bonds. The Morgan fingerprint density at radius 2 is 1.94 bits per heavy atom. The number of piperidine rings is 1. The minimum atomic E-state index is -0.834. The molecule has 1 aliphatic rings. The molecule has 7 nitrogen and oxygen atoms in total. The Hall–Kier alpha value is -3.29. The Morgan fingerprint density at radius 3 is 2.64 bits per heavy atom. The van der Waals surface area contributed by atoms with Gasteiger partial charge in [-0.25, -0.2) is 9.97 Å². The number of benzene rings is 2. The fourth-order valence-corrected chi connectivity index (χ4v) is 4.80. The van der Waals surface area contributed by atoms with Gasteiger partial charge in [-0.2, -0.15) is 0 Å². The summed E-state index contributed by atoms with van der Waals surface area (Å²) < 4.78 is 1.52. The van der Waals surface area contributed by atoms with E-state index in [1.165, 1.54) is 17.8 Å². The van der Waals surface area contributed by atoms with Gasteiger partial charge in [-0.05, 0) is 41.5 Å². The molecule has 4 aromatic rings. The molecule has 1 saturated heterocycles. The second-order valence-corrected chi connectivity index (χ2v) is 8.88. The zero-order valence-corrected chi connectivity index (χ0v) is 18.9. The number of β-amino-alcohol motifs (C(OH)–C–C–N with tert-alkyl or cyclic N) is 1. The lowest BCUT2D eigenvalue weighted by molar-refractivity contribution is -0.133. The van der Waals surface area contributed by atoms with Crippen LogP contribution in [0, 0.1) is 0 Å². The van der Waals surface area contributed by atoms with Crippen molar-refractivity contribution in [1.82, 2.24) is 19.4 Å². The summed E-state index contributed by atoms with van der Waals surface area (Å²) in [5, 5.41) is 13.6. The van der Waals surface area contributed by atoms with Gasteiger partial charge in [0.05, 0.1) is 29.4 Å². The van der Waals surface area contributed by atoms with Gasteiger partial charge in [0.25, 0.3) is 5.56 Å². The number of nitrogens with zero attached hydrogens (tertiary/aromatic N) is 4. The number of amides is 1. The van der Waals surface area contributed by atoms with E-state index in [0.717, 1.165) is 21.9 Å². The van der Waals surface area contributed by atoms with Crippen LogP contribution in [0.15, 0.2) is 59.8 Å². The van der Waals surface area contributed by atoms with Gasteiger partial charge < -0.3 is 10.0 Å². The van der Waals surface area contributed by atoms with E-state index >= 15 is 0 Å². The van der Waals surface area contributed by atoms with Crippen molar-refractivity contribution in [1.29, 1.82) is 0 Å². The molecule has 8 heteroatoms. The highest BCUT2D eigenvalue weighted by Crippen LogP contribution is 2.29. The maximum atomic E-state index is 13.6. The topological polar surface area (TPSA) is 88.3 Å². The van der Waals surface area contributed by atoms with E-state index in [-0.39, 0.29) is 18.0 Å². The minimum Gasteiger partial charge on any atom is -0.389 e. The molecule has 0 radical (unpaired) electrons. The van der Waals surface area contributed by atoms with Gasteiger partial charge in [-0.15, -0.1) is 0 Å². The van der Waals surface area contributed by atoms with Crippen molar-refractivity contribution in [3.05, 3.63) is 81.6 Å². The number of carbonyl (C=O) groups is 1.